The Bertz CT molecular complexity index is 275. The van der Waals surface area contributed by atoms with E-state index in [1.165, 1.54) is 0 Å². The van der Waals surface area contributed by atoms with Gasteiger partial charge >= 0.3 is 0 Å². The molecule has 0 aromatic heterocycles. The molecule has 5 N–H and O–H groups in total. The highest BCUT2D eigenvalue weighted by molar-refractivity contribution is 6.00. The van der Waals surface area contributed by atoms with Crippen molar-refractivity contribution in [1.82, 2.24) is 4.90 Å². The van der Waals surface area contributed by atoms with E-state index in [4.69, 9.17) is 22.1 Å². The summed E-state index contributed by atoms with van der Waals surface area (Å²) < 4.78 is 0. The molecule has 0 spiro atoms. The van der Waals surface area contributed by atoms with Gasteiger partial charge in [-0.25, -0.2) is 0 Å². The fourth-order valence-corrected chi connectivity index (χ4v) is 1.35. The van der Waals surface area contributed by atoms with Crippen molar-refractivity contribution in [2.24, 2.45) is 11.5 Å². The summed E-state index contributed by atoms with van der Waals surface area (Å²) in [7, 11) is 0. The average molecular weight is 179 g/mol. The second-order valence-electron chi connectivity index (χ2n) is 2.98. The first-order valence-electron chi connectivity index (χ1n) is 4.16. The minimum absolute atomic E-state index is 0.0700. The number of hydrogen-bond acceptors (Lipinski definition) is 4. The molecule has 0 bridgehead atoms. The average Bonchev–Trinajstić information content (AvgIpc) is 2.56. The number of nitrogens with zero attached hydrogens (tertiary/aromatic N) is 2. The molecular formula is C8H13N5. The van der Waals surface area contributed by atoms with Crippen molar-refractivity contribution >= 4 is 5.84 Å². The molecule has 13 heavy (non-hydrogen) atoms. The zero-order chi connectivity index (χ0) is 9.84. The highest BCUT2D eigenvalue weighted by Gasteiger charge is 2.19. The number of nitriles is 1. The Morgan fingerprint density at radius 3 is 2.23 bits per heavy atom. The van der Waals surface area contributed by atoms with Crippen molar-refractivity contribution in [3.63, 3.8) is 0 Å². The van der Waals surface area contributed by atoms with Crippen molar-refractivity contribution in [2.45, 2.75) is 12.8 Å². The summed E-state index contributed by atoms with van der Waals surface area (Å²) in [4.78, 5) is 1.82. The molecule has 1 rings (SSSR count). The van der Waals surface area contributed by atoms with Gasteiger partial charge in [0.05, 0.1) is 0 Å². The Morgan fingerprint density at radius 1 is 1.31 bits per heavy atom. The van der Waals surface area contributed by atoms with Crippen molar-refractivity contribution in [3.8, 4) is 6.07 Å². The molecule has 5 nitrogen and oxygen atoms in total. The van der Waals surface area contributed by atoms with E-state index in [0.717, 1.165) is 25.9 Å². The van der Waals surface area contributed by atoms with Gasteiger partial charge in [0.2, 0.25) is 0 Å². The summed E-state index contributed by atoms with van der Waals surface area (Å²) in [6, 6.07) is 1.84. The summed E-state index contributed by atoms with van der Waals surface area (Å²) >= 11 is 0. The van der Waals surface area contributed by atoms with Crippen LogP contribution in [-0.2, 0) is 0 Å². The van der Waals surface area contributed by atoms with E-state index in [9.17, 15) is 0 Å². The first-order valence-corrected chi connectivity index (χ1v) is 4.16. The van der Waals surface area contributed by atoms with Gasteiger partial charge in [-0.3, -0.25) is 5.41 Å². The van der Waals surface area contributed by atoms with Crippen LogP contribution in [0.2, 0.25) is 0 Å². The Morgan fingerprint density at radius 2 is 1.85 bits per heavy atom. The molecule has 0 unspecified atom stereocenters. The minimum Gasteiger partial charge on any atom is -0.384 e. The SMILES string of the molecule is N#CC(C(=N)N1CCCC1)=C(N)N. The molecule has 0 aromatic carbocycles. The highest BCUT2D eigenvalue weighted by Crippen LogP contribution is 2.11. The van der Waals surface area contributed by atoms with Crippen LogP contribution in [0.5, 0.6) is 0 Å². The fraction of sp³-hybridized carbons (Fsp3) is 0.500. The van der Waals surface area contributed by atoms with Crippen molar-refractivity contribution in [3.05, 3.63) is 11.4 Å². The van der Waals surface area contributed by atoms with Gasteiger partial charge < -0.3 is 16.4 Å². The topological polar surface area (TPSA) is 103 Å². The maximum absolute atomic E-state index is 8.69. The molecule has 1 heterocycles. The van der Waals surface area contributed by atoms with Gasteiger partial charge in [0.25, 0.3) is 0 Å². The van der Waals surface area contributed by atoms with Gasteiger partial charge in [-0.05, 0) is 12.8 Å². The molecule has 0 amide bonds. The van der Waals surface area contributed by atoms with Crippen molar-refractivity contribution in [2.75, 3.05) is 13.1 Å². The Labute approximate surface area is 77.1 Å². The number of amidine groups is 1. The molecule has 1 aliphatic heterocycles. The maximum Gasteiger partial charge on any atom is 0.142 e. The molecule has 0 aromatic rings. The lowest BCUT2D eigenvalue weighted by Crippen LogP contribution is -2.31. The van der Waals surface area contributed by atoms with E-state index in [1.54, 1.807) is 0 Å². The summed E-state index contributed by atoms with van der Waals surface area (Å²) in [5.74, 6) is 0.0828. The van der Waals surface area contributed by atoms with Gasteiger partial charge in [0.15, 0.2) is 0 Å². The molecule has 1 aliphatic rings. The van der Waals surface area contributed by atoms with Crippen molar-refractivity contribution < 1.29 is 0 Å². The van der Waals surface area contributed by atoms with E-state index in [1.807, 2.05) is 11.0 Å². The van der Waals surface area contributed by atoms with Gasteiger partial charge in [0.1, 0.15) is 23.3 Å². The number of hydrogen-bond donors (Lipinski definition) is 3. The molecule has 0 radical (unpaired) electrons. The number of likely N-dealkylation sites (tertiary alicyclic amines) is 1. The lowest BCUT2D eigenvalue weighted by atomic mass is 10.2. The fourth-order valence-electron chi connectivity index (χ4n) is 1.35. The Kier molecular flexibility index (Phi) is 2.75. The third-order valence-corrected chi connectivity index (χ3v) is 2.06. The molecule has 1 saturated heterocycles. The normalized spacial score (nSPS) is 15.2. The van der Waals surface area contributed by atoms with Crippen LogP contribution in [-0.4, -0.2) is 23.8 Å². The van der Waals surface area contributed by atoms with Crippen LogP contribution < -0.4 is 11.5 Å². The van der Waals surface area contributed by atoms with Crippen LogP contribution in [0.4, 0.5) is 0 Å². The first kappa shape index (κ1) is 9.39. The quantitative estimate of drug-likeness (QED) is 0.292. The van der Waals surface area contributed by atoms with Gasteiger partial charge in [-0.2, -0.15) is 5.26 Å². The van der Waals surface area contributed by atoms with Crippen LogP contribution in [0, 0.1) is 16.7 Å². The Hall–Kier alpha value is -1.70. The predicted molar refractivity (Wildman–Crippen MR) is 49.5 cm³/mol. The van der Waals surface area contributed by atoms with Gasteiger partial charge in [0, 0.05) is 13.1 Å². The van der Waals surface area contributed by atoms with E-state index in [-0.39, 0.29) is 17.2 Å². The monoisotopic (exact) mass is 179 g/mol. The number of rotatable bonds is 1. The summed E-state index contributed by atoms with van der Waals surface area (Å²) in [5.41, 5.74) is 10.7. The lowest BCUT2D eigenvalue weighted by molar-refractivity contribution is 0.516. The van der Waals surface area contributed by atoms with Crippen LogP contribution in [0.1, 0.15) is 12.8 Å². The molecule has 0 aliphatic carbocycles. The van der Waals surface area contributed by atoms with E-state index < -0.39 is 0 Å². The van der Waals surface area contributed by atoms with Crippen LogP contribution in [0.3, 0.4) is 0 Å². The second-order valence-corrected chi connectivity index (χ2v) is 2.98. The molecule has 0 saturated carbocycles. The molecule has 0 atom stereocenters. The van der Waals surface area contributed by atoms with Gasteiger partial charge in [-0.1, -0.05) is 0 Å². The third-order valence-electron chi connectivity index (χ3n) is 2.06. The van der Waals surface area contributed by atoms with Crippen LogP contribution >= 0.6 is 0 Å². The summed E-state index contributed by atoms with van der Waals surface area (Å²) in [6.07, 6.45) is 2.12. The zero-order valence-corrected chi connectivity index (χ0v) is 7.38. The molecular weight excluding hydrogens is 166 g/mol. The molecule has 1 fully saturated rings. The number of nitrogens with two attached hydrogens (primary N) is 2. The summed E-state index contributed by atoms with van der Waals surface area (Å²) in [6.45, 7) is 1.63. The van der Waals surface area contributed by atoms with Crippen LogP contribution in [0.25, 0.3) is 0 Å². The van der Waals surface area contributed by atoms with E-state index >= 15 is 0 Å². The smallest absolute Gasteiger partial charge is 0.142 e. The predicted octanol–water partition coefficient (Wildman–Crippen LogP) is -0.288. The first-order chi connectivity index (χ1) is 6.16. The lowest BCUT2D eigenvalue weighted by Gasteiger charge is -2.17. The largest absolute Gasteiger partial charge is 0.384 e. The van der Waals surface area contributed by atoms with E-state index in [0.29, 0.717) is 0 Å². The Balaban J connectivity index is 2.77. The zero-order valence-electron chi connectivity index (χ0n) is 7.38. The highest BCUT2D eigenvalue weighted by atomic mass is 15.2. The summed E-state index contributed by atoms with van der Waals surface area (Å²) in [5, 5.41) is 16.4. The maximum atomic E-state index is 8.69. The van der Waals surface area contributed by atoms with E-state index in [2.05, 4.69) is 0 Å². The van der Waals surface area contributed by atoms with Crippen LogP contribution in [0.15, 0.2) is 11.4 Å². The minimum atomic E-state index is -0.0700. The second kappa shape index (κ2) is 3.81. The van der Waals surface area contributed by atoms with Crippen molar-refractivity contribution in [1.29, 1.82) is 10.7 Å². The van der Waals surface area contributed by atoms with Gasteiger partial charge in [-0.15, -0.1) is 0 Å². The molecule has 5 heteroatoms. The number of nitrogens with one attached hydrogen (secondary N) is 1. The standard InChI is InChI=1S/C8H13N5/c9-5-6(7(10)11)8(12)13-3-1-2-4-13/h12H,1-4,10-11H2. The molecule has 70 valence electrons. The third kappa shape index (κ3) is 1.90.